The Labute approximate surface area is 108 Å². The molecule has 2 aromatic rings. The van der Waals surface area contributed by atoms with Gasteiger partial charge in [0.2, 0.25) is 0 Å². The number of nitrogens with zero attached hydrogens (tertiary/aromatic N) is 2. The average Bonchev–Trinajstić information content (AvgIpc) is 3.04. The highest BCUT2D eigenvalue weighted by Gasteiger charge is 2.28. The van der Waals surface area contributed by atoms with Gasteiger partial charge in [-0.15, -0.1) is 0 Å². The van der Waals surface area contributed by atoms with Crippen molar-refractivity contribution < 1.29 is 0 Å². The van der Waals surface area contributed by atoms with Crippen molar-refractivity contribution in [3.8, 4) is 0 Å². The monoisotopic (exact) mass is 241 g/mol. The number of nitrogens with two attached hydrogens (primary N) is 1. The SMILES string of the molecule is CCn1cnc(C(N)C2Cc3ccccc3C2)c1. The van der Waals surface area contributed by atoms with Gasteiger partial charge in [-0.25, -0.2) is 4.98 Å². The van der Waals surface area contributed by atoms with Crippen molar-refractivity contribution in [2.75, 3.05) is 0 Å². The predicted octanol–water partition coefficient (Wildman–Crippen LogP) is 2.32. The fourth-order valence-electron chi connectivity index (χ4n) is 2.81. The summed E-state index contributed by atoms with van der Waals surface area (Å²) in [6, 6.07) is 8.70. The first kappa shape index (κ1) is 11.5. The van der Waals surface area contributed by atoms with Crippen LogP contribution in [-0.2, 0) is 19.4 Å². The van der Waals surface area contributed by atoms with Crippen molar-refractivity contribution in [2.24, 2.45) is 11.7 Å². The van der Waals surface area contributed by atoms with Crippen molar-refractivity contribution in [3.05, 3.63) is 53.6 Å². The van der Waals surface area contributed by atoms with Gasteiger partial charge >= 0.3 is 0 Å². The number of rotatable bonds is 3. The van der Waals surface area contributed by atoms with E-state index in [0.29, 0.717) is 5.92 Å². The normalized spacial score (nSPS) is 16.8. The van der Waals surface area contributed by atoms with Gasteiger partial charge in [0.05, 0.1) is 18.1 Å². The highest BCUT2D eigenvalue weighted by Crippen LogP contribution is 2.33. The van der Waals surface area contributed by atoms with Crippen LogP contribution in [0.15, 0.2) is 36.8 Å². The lowest BCUT2D eigenvalue weighted by Crippen LogP contribution is -2.22. The molecule has 3 nitrogen and oxygen atoms in total. The van der Waals surface area contributed by atoms with Crippen LogP contribution in [0.1, 0.15) is 29.8 Å². The number of imidazole rings is 1. The average molecular weight is 241 g/mol. The van der Waals surface area contributed by atoms with Gasteiger partial charge in [-0.1, -0.05) is 24.3 Å². The first-order valence-electron chi connectivity index (χ1n) is 6.62. The molecule has 1 aromatic carbocycles. The van der Waals surface area contributed by atoms with Gasteiger partial charge in [-0.3, -0.25) is 0 Å². The van der Waals surface area contributed by atoms with Gasteiger partial charge in [0.1, 0.15) is 0 Å². The molecule has 3 rings (SSSR count). The molecule has 0 radical (unpaired) electrons. The van der Waals surface area contributed by atoms with Crippen LogP contribution < -0.4 is 5.73 Å². The second-order valence-corrected chi connectivity index (χ2v) is 5.09. The third-order valence-electron chi connectivity index (χ3n) is 3.95. The number of aromatic nitrogens is 2. The van der Waals surface area contributed by atoms with Crippen LogP contribution in [0, 0.1) is 5.92 Å². The Kier molecular flexibility index (Phi) is 2.92. The molecule has 0 saturated carbocycles. The van der Waals surface area contributed by atoms with E-state index in [1.165, 1.54) is 11.1 Å². The van der Waals surface area contributed by atoms with Gasteiger partial charge in [-0.2, -0.15) is 0 Å². The van der Waals surface area contributed by atoms with Crippen molar-refractivity contribution in [1.82, 2.24) is 9.55 Å². The van der Waals surface area contributed by atoms with Crippen molar-refractivity contribution in [3.63, 3.8) is 0 Å². The highest BCUT2D eigenvalue weighted by atomic mass is 15.0. The maximum absolute atomic E-state index is 6.37. The summed E-state index contributed by atoms with van der Waals surface area (Å²) in [7, 11) is 0. The van der Waals surface area contributed by atoms with E-state index in [2.05, 4.69) is 46.9 Å². The minimum Gasteiger partial charge on any atom is -0.337 e. The quantitative estimate of drug-likeness (QED) is 0.896. The molecule has 94 valence electrons. The summed E-state index contributed by atoms with van der Waals surface area (Å²) in [4.78, 5) is 4.43. The molecule has 0 saturated heterocycles. The molecule has 18 heavy (non-hydrogen) atoms. The van der Waals surface area contributed by atoms with Crippen LogP contribution in [-0.4, -0.2) is 9.55 Å². The van der Waals surface area contributed by atoms with E-state index in [4.69, 9.17) is 5.73 Å². The zero-order valence-corrected chi connectivity index (χ0v) is 10.7. The van der Waals surface area contributed by atoms with Gasteiger partial charge in [0, 0.05) is 12.7 Å². The number of hydrogen-bond donors (Lipinski definition) is 1. The molecule has 0 bridgehead atoms. The molecule has 0 amide bonds. The molecular weight excluding hydrogens is 222 g/mol. The van der Waals surface area contributed by atoms with Crippen LogP contribution in [0.25, 0.3) is 0 Å². The van der Waals surface area contributed by atoms with E-state index in [9.17, 15) is 0 Å². The minimum atomic E-state index is 0.0465. The topological polar surface area (TPSA) is 43.8 Å². The summed E-state index contributed by atoms with van der Waals surface area (Å²) in [5, 5.41) is 0. The molecule has 0 aliphatic heterocycles. The summed E-state index contributed by atoms with van der Waals surface area (Å²) in [6.45, 7) is 3.06. The Hall–Kier alpha value is -1.61. The van der Waals surface area contributed by atoms with E-state index < -0.39 is 0 Å². The maximum Gasteiger partial charge on any atom is 0.0950 e. The Morgan fingerprint density at radius 2 is 2.00 bits per heavy atom. The lowest BCUT2D eigenvalue weighted by molar-refractivity contribution is 0.446. The summed E-state index contributed by atoms with van der Waals surface area (Å²) < 4.78 is 2.08. The van der Waals surface area contributed by atoms with Crippen molar-refractivity contribution in [1.29, 1.82) is 0 Å². The predicted molar refractivity (Wildman–Crippen MR) is 72.2 cm³/mol. The van der Waals surface area contributed by atoms with Gasteiger partial charge < -0.3 is 10.3 Å². The smallest absolute Gasteiger partial charge is 0.0950 e. The molecule has 1 aliphatic rings. The van der Waals surface area contributed by atoms with Crippen LogP contribution in [0.5, 0.6) is 0 Å². The summed E-state index contributed by atoms with van der Waals surface area (Å²) >= 11 is 0. The van der Waals surface area contributed by atoms with E-state index in [0.717, 1.165) is 25.1 Å². The third-order valence-corrected chi connectivity index (χ3v) is 3.95. The van der Waals surface area contributed by atoms with E-state index in [1.54, 1.807) is 0 Å². The molecular formula is C15H19N3. The second kappa shape index (κ2) is 4.58. The molecule has 2 N–H and O–H groups in total. The molecule has 1 aromatic heterocycles. The molecule has 3 heteroatoms. The first-order valence-corrected chi connectivity index (χ1v) is 6.62. The Morgan fingerprint density at radius 1 is 1.33 bits per heavy atom. The number of aryl methyl sites for hydroxylation is 1. The fourth-order valence-corrected chi connectivity index (χ4v) is 2.81. The lowest BCUT2D eigenvalue weighted by atomic mass is 9.95. The molecule has 1 atom stereocenters. The number of benzene rings is 1. The highest BCUT2D eigenvalue weighted by molar-refractivity contribution is 5.33. The standard InChI is InChI=1S/C15H19N3/c1-2-18-9-14(17-10-18)15(16)13-7-11-5-3-4-6-12(11)8-13/h3-6,9-10,13,15H,2,7-8,16H2,1H3. The van der Waals surface area contributed by atoms with Crippen LogP contribution >= 0.6 is 0 Å². The number of fused-ring (bicyclic) bond motifs is 1. The summed E-state index contributed by atoms with van der Waals surface area (Å²) in [5.74, 6) is 0.489. The van der Waals surface area contributed by atoms with E-state index >= 15 is 0 Å². The van der Waals surface area contributed by atoms with Gasteiger partial charge in [-0.05, 0) is 36.8 Å². The number of hydrogen-bond acceptors (Lipinski definition) is 2. The zero-order valence-electron chi connectivity index (χ0n) is 10.7. The second-order valence-electron chi connectivity index (χ2n) is 5.09. The molecule has 1 unspecified atom stereocenters. The molecule has 0 fully saturated rings. The summed E-state index contributed by atoms with van der Waals surface area (Å²) in [6.07, 6.45) is 6.11. The van der Waals surface area contributed by atoms with E-state index in [1.807, 2.05) is 6.33 Å². The molecule has 1 aliphatic carbocycles. The van der Waals surface area contributed by atoms with Crippen LogP contribution in [0.4, 0.5) is 0 Å². The Balaban J connectivity index is 1.77. The van der Waals surface area contributed by atoms with E-state index in [-0.39, 0.29) is 6.04 Å². The Bertz CT molecular complexity index is 519. The Morgan fingerprint density at radius 3 is 2.56 bits per heavy atom. The van der Waals surface area contributed by atoms with Crippen molar-refractivity contribution in [2.45, 2.75) is 32.4 Å². The largest absolute Gasteiger partial charge is 0.337 e. The fraction of sp³-hybridized carbons (Fsp3) is 0.400. The molecule has 1 heterocycles. The maximum atomic E-state index is 6.37. The van der Waals surface area contributed by atoms with Crippen molar-refractivity contribution >= 4 is 0 Å². The van der Waals surface area contributed by atoms with Gasteiger partial charge in [0.15, 0.2) is 0 Å². The minimum absolute atomic E-state index is 0.0465. The van der Waals surface area contributed by atoms with Crippen LogP contribution in [0.2, 0.25) is 0 Å². The first-order chi connectivity index (χ1) is 8.78. The zero-order chi connectivity index (χ0) is 12.5. The molecule has 0 spiro atoms. The third kappa shape index (κ3) is 1.95. The summed E-state index contributed by atoms with van der Waals surface area (Å²) in [5.41, 5.74) is 10.3. The van der Waals surface area contributed by atoms with Gasteiger partial charge in [0.25, 0.3) is 0 Å². The van der Waals surface area contributed by atoms with Crippen LogP contribution in [0.3, 0.4) is 0 Å². The lowest BCUT2D eigenvalue weighted by Gasteiger charge is -2.16.